The summed E-state index contributed by atoms with van der Waals surface area (Å²) in [5.41, 5.74) is 0. The first-order valence-electron chi connectivity index (χ1n) is 6.45. The Labute approximate surface area is 120 Å². The molecule has 2 atom stereocenters. The van der Waals surface area contributed by atoms with Crippen LogP contribution in [-0.4, -0.2) is 18.4 Å². The van der Waals surface area contributed by atoms with Crippen LogP contribution in [0.25, 0.3) is 0 Å². The second kappa shape index (κ2) is 5.25. The lowest BCUT2D eigenvalue weighted by molar-refractivity contribution is -0.144. The number of Topliss-reactive ketones (excluding diaryl/α,β-unsaturated/α-hetero) is 1. The van der Waals surface area contributed by atoms with Gasteiger partial charge in [0.1, 0.15) is 5.76 Å². The van der Waals surface area contributed by atoms with Gasteiger partial charge >= 0.3 is 5.97 Å². The number of thiophene rings is 1. The van der Waals surface area contributed by atoms with Crippen LogP contribution in [0.5, 0.6) is 0 Å². The van der Waals surface area contributed by atoms with Crippen molar-refractivity contribution < 1.29 is 18.7 Å². The van der Waals surface area contributed by atoms with Crippen molar-refractivity contribution in [2.24, 2.45) is 5.92 Å². The van der Waals surface area contributed by atoms with E-state index in [0.717, 1.165) is 17.1 Å². The van der Waals surface area contributed by atoms with Crippen molar-refractivity contribution in [2.45, 2.75) is 19.3 Å². The van der Waals surface area contributed by atoms with E-state index in [2.05, 4.69) is 0 Å². The molecular formula is C15H14O4S. The molecule has 4 nitrogen and oxygen atoms in total. The number of esters is 1. The summed E-state index contributed by atoms with van der Waals surface area (Å²) in [5.74, 6) is 0.294. The molecule has 1 fully saturated rings. The maximum Gasteiger partial charge on any atom is 0.310 e. The third-order valence-corrected chi connectivity index (χ3v) is 4.40. The average molecular weight is 290 g/mol. The molecule has 20 heavy (non-hydrogen) atoms. The lowest BCUT2D eigenvalue weighted by Gasteiger charge is -2.02. The average Bonchev–Trinajstić information content (AvgIpc) is 2.87. The molecule has 104 valence electrons. The number of hydrogen-bond donors (Lipinski definition) is 0. The van der Waals surface area contributed by atoms with Crippen LogP contribution in [0.15, 0.2) is 34.9 Å². The summed E-state index contributed by atoms with van der Waals surface area (Å²) in [6.45, 7) is 1.76. The number of carbonyl (C=O) groups excluding carboxylic acids is 2. The van der Waals surface area contributed by atoms with Gasteiger partial charge in [-0.2, -0.15) is 0 Å². The fourth-order valence-corrected chi connectivity index (χ4v) is 2.96. The second-order valence-corrected chi connectivity index (χ2v) is 6.19. The minimum absolute atomic E-state index is 0.108. The predicted octanol–water partition coefficient (Wildman–Crippen LogP) is 3.18. The topological polar surface area (TPSA) is 56.5 Å². The zero-order valence-corrected chi connectivity index (χ0v) is 11.8. The van der Waals surface area contributed by atoms with Crippen molar-refractivity contribution in [1.29, 1.82) is 0 Å². The second-order valence-electron chi connectivity index (χ2n) is 4.91. The van der Waals surface area contributed by atoms with Crippen LogP contribution in [0.3, 0.4) is 0 Å². The van der Waals surface area contributed by atoms with Crippen molar-refractivity contribution in [3.05, 3.63) is 46.0 Å². The van der Waals surface area contributed by atoms with E-state index < -0.39 is 0 Å². The van der Waals surface area contributed by atoms with Crippen LogP contribution in [0.1, 0.15) is 32.6 Å². The normalized spacial score (nSPS) is 20.6. The minimum atomic E-state index is -0.312. The highest BCUT2D eigenvalue weighted by Crippen LogP contribution is 2.48. The third kappa shape index (κ3) is 2.67. The summed E-state index contributed by atoms with van der Waals surface area (Å²) in [5, 5.41) is 0. The standard InChI is InChI=1S/C15H14O4S/c1-9-4-5-14(20-9)12(16)8-19-15(17)11-7-10(11)13-3-2-6-18-13/h2-6,10-11H,7-8H2,1H3. The molecule has 0 saturated heterocycles. The molecule has 1 aliphatic rings. The smallest absolute Gasteiger partial charge is 0.310 e. The quantitative estimate of drug-likeness (QED) is 0.627. The molecule has 2 aromatic heterocycles. The van der Waals surface area contributed by atoms with E-state index in [1.165, 1.54) is 11.3 Å². The van der Waals surface area contributed by atoms with E-state index in [9.17, 15) is 9.59 Å². The van der Waals surface area contributed by atoms with Crippen LogP contribution >= 0.6 is 11.3 Å². The predicted molar refractivity (Wildman–Crippen MR) is 73.9 cm³/mol. The summed E-state index contributed by atoms with van der Waals surface area (Å²) < 4.78 is 10.4. The summed E-state index contributed by atoms with van der Waals surface area (Å²) in [6.07, 6.45) is 2.33. The van der Waals surface area contributed by atoms with Gasteiger partial charge in [-0.3, -0.25) is 9.59 Å². The van der Waals surface area contributed by atoms with Crippen LogP contribution in [0.4, 0.5) is 0 Å². The zero-order valence-electron chi connectivity index (χ0n) is 11.0. The molecule has 0 aliphatic heterocycles. The Balaban J connectivity index is 1.50. The molecule has 5 heteroatoms. The molecule has 2 unspecified atom stereocenters. The molecule has 0 bridgehead atoms. The van der Waals surface area contributed by atoms with Crippen LogP contribution in [-0.2, 0) is 9.53 Å². The summed E-state index contributed by atoms with van der Waals surface area (Å²) >= 11 is 1.41. The Morgan fingerprint density at radius 1 is 1.40 bits per heavy atom. The maximum absolute atomic E-state index is 11.8. The molecule has 0 radical (unpaired) electrons. The Bertz CT molecular complexity index is 626. The number of ketones is 1. The van der Waals surface area contributed by atoms with E-state index in [4.69, 9.17) is 9.15 Å². The van der Waals surface area contributed by atoms with Gasteiger partial charge in [0.2, 0.25) is 5.78 Å². The largest absolute Gasteiger partial charge is 0.469 e. The molecule has 0 aromatic carbocycles. The van der Waals surface area contributed by atoms with Gasteiger partial charge in [-0.05, 0) is 37.6 Å². The number of carbonyl (C=O) groups is 2. The molecule has 3 rings (SSSR count). The summed E-state index contributed by atoms with van der Waals surface area (Å²) in [4.78, 5) is 25.4. The number of aryl methyl sites for hydroxylation is 1. The third-order valence-electron chi connectivity index (χ3n) is 3.36. The van der Waals surface area contributed by atoms with Gasteiger partial charge in [0, 0.05) is 10.8 Å². The van der Waals surface area contributed by atoms with E-state index in [1.807, 2.05) is 19.1 Å². The first-order chi connectivity index (χ1) is 9.65. The Kier molecular flexibility index (Phi) is 3.44. The molecule has 1 aliphatic carbocycles. The van der Waals surface area contributed by atoms with Gasteiger partial charge in [0.15, 0.2) is 6.61 Å². The molecule has 0 amide bonds. The van der Waals surface area contributed by atoms with Crippen LogP contribution in [0.2, 0.25) is 0 Å². The first-order valence-corrected chi connectivity index (χ1v) is 7.26. The Morgan fingerprint density at radius 2 is 2.25 bits per heavy atom. The van der Waals surface area contributed by atoms with Crippen molar-refractivity contribution in [3.8, 4) is 0 Å². The lowest BCUT2D eigenvalue weighted by Crippen LogP contribution is -2.15. The van der Waals surface area contributed by atoms with Gasteiger partial charge in [-0.25, -0.2) is 0 Å². The molecule has 1 saturated carbocycles. The Hall–Kier alpha value is -1.88. The highest BCUT2D eigenvalue weighted by atomic mass is 32.1. The van der Waals surface area contributed by atoms with E-state index in [1.54, 1.807) is 18.4 Å². The Morgan fingerprint density at radius 3 is 2.90 bits per heavy atom. The van der Waals surface area contributed by atoms with E-state index in [-0.39, 0.29) is 30.2 Å². The van der Waals surface area contributed by atoms with Gasteiger partial charge < -0.3 is 9.15 Å². The number of hydrogen-bond acceptors (Lipinski definition) is 5. The number of rotatable bonds is 5. The van der Waals surface area contributed by atoms with Gasteiger partial charge in [0.25, 0.3) is 0 Å². The highest BCUT2D eigenvalue weighted by Gasteiger charge is 2.47. The van der Waals surface area contributed by atoms with Gasteiger partial charge in [-0.15, -0.1) is 11.3 Å². The summed E-state index contributed by atoms with van der Waals surface area (Å²) in [7, 11) is 0. The van der Waals surface area contributed by atoms with Crippen LogP contribution < -0.4 is 0 Å². The van der Waals surface area contributed by atoms with Gasteiger partial charge in [0.05, 0.1) is 17.1 Å². The fraction of sp³-hybridized carbons (Fsp3) is 0.333. The van der Waals surface area contributed by atoms with Crippen LogP contribution in [0, 0.1) is 12.8 Å². The zero-order chi connectivity index (χ0) is 14.1. The monoisotopic (exact) mass is 290 g/mol. The minimum Gasteiger partial charge on any atom is -0.469 e. The number of furan rings is 1. The molecular weight excluding hydrogens is 276 g/mol. The van der Waals surface area contributed by atoms with Crippen molar-refractivity contribution in [2.75, 3.05) is 6.61 Å². The highest BCUT2D eigenvalue weighted by molar-refractivity contribution is 7.14. The van der Waals surface area contributed by atoms with Gasteiger partial charge in [-0.1, -0.05) is 0 Å². The van der Waals surface area contributed by atoms with E-state index in [0.29, 0.717) is 4.88 Å². The number of ether oxygens (including phenoxy) is 1. The fourth-order valence-electron chi connectivity index (χ4n) is 2.17. The van der Waals surface area contributed by atoms with Crippen molar-refractivity contribution in [1.82, 2.24) is 0 Å². The van der Waals surface area contributed by atoms with Crippen molar-refractivity contribution in [3.63, 3.8) is 0 Å². The maximum atomic E-state index is 11.8. The molecule has 2 heterocycles. The first kappa shape index (κ1) is 13.1. The SMILES string of the molecule is Cc1ccc(C(=O)COC(=O)C2CC2c2ccco2)s1. The summed E-state index contributed by atoms with van der Waals surface area (Å²) in [6, 6.07) is 7.31. The molecule has 0 N–H and O–H groups in total. The molecule has 2 aromatic rings. The molecule has 0 spiro atoms. The lowest BCUT2D eigenvalue weighted by atomic mass is 10.2. The van der Waals surface area contributed by atoms with E-state index >= 15 is 0 Å². The van der Waals surface area contributed by atoms with Crippen molar-refractivity contribution >= 4 is 23.1 Å².